The zero-order valence-electron chi connectivity index (χ0n) is 10.0. The minimum absolute atomic E-state index is 0.506. The maximum Gasteiger partial charge on any atom is 0.141 e. The van der Waals surface area contributed by atoms with Crippen LogP contribution in [0.4, 0.5) is 0 Å². The van der Waals surface area contributed by atoms with E-state index in [-0.39, 0.29) is 0 Å². The Bertz CT molecular complexity index is 391. The summed E-state index contributed by atoms with van der Waals surface area (Å²) >= 11 is 0. The van der Waals surface area contributed by atoms with Crippen molar-refractivity contribution in [1.82, 2.24) is 14.9 Å². The molecule has 0 aliphatic heterocycles. The lowest BCUT2D eigenvalue weighted by Gasteiger charge is -2.29. The average Bonchev–Trinajstić information content (AvgIpc) is 2.68. The standard InChI is InChI=1S/C12H18N4/c1-9-4-10(2)12(11(3)5-9)6-15-16-7-13-14-8-16/h4,6-8,10-12H,5H2,1-3H3/b15-6-. The lowest BCUT2D eigenvalue weighted by atomic mass is 9.76. The van der Waals surface area contributed by atoms with Crippen molar-refractivity contribution in [2.75, 3.05) is 0 Å². The minimum atomic E-state index is 0.506. The number of rotatable bonds is 2. The van der Waals surface area contributed by atoms with Gasteiger partial charge in [0, 0.05) is 12.1 Å². The second-order valence-corrected chi connectivity index (χ2v) is 4.74. The Hall–Kier alpha value is -1.45. The molecule has 0 radical (unpaired) electrons. The van der Waals surface area contributed by atoms with Crippen molar-refractivity contribution in [1.29, 1.82) is 0 Å². The molecule has 4 heteroatoms. The molecule has 1 aliphatic carbocycles. The largest absolute Gasteiger partial charge is 0.208 e. The normalized spacial score (nSPS) is 30.7. The van der Waals surface area contributed by atoms with Crippen LogP contribution < -0.4 is 0 Å². The molecule has 3 unspecified atom stereocenters. The van der Waals surface area contributed by atoms with E-state index in [1.165, 1.54) is 12.0 Å². The van der Waals surface area contributed by atoms with Gasteiger partial charge in [0.2, 0.25) is 0 Å². The first kappa shape index (κ1) is 11.0. The molecule has 1 heterocycles. The van der Waals surface area contributed by atoms with Crippen molar-refractivity contribution in [2.45, 2.75) is 27.2 Å². The monoisotopic (exact) mass is 218 g/mol. The highest BCUT2D eigenvalue weighted by Crippen LogP contribution is 2.32. The molecule has 2 rings (SSSR count). The third-order valence-corrected chi connectivity index (χ3v) is 3.23. The van der Waals surface area contributed by atoms with E-state index in [1.807, 2.05) is 6.21 Å². The smallest absolute Gasteiger partial charge is 0.141 e. The maximum absolute atomic E-state index is 4.35. The summed E-state index contributed by atoms with van der Waals surface area (Å²) in [5, 5.41) is 11.8. The first-order valence-electron chi connectivity index (χ1n) is 5.73. The van der Waals surface area contributed by atoms with Gasteiger partial charge in [-0.2, -0.15) is 5.10 Å². The van der Waals surface area contributed by atoms with E-state index in [0.29, 0.717) is 17.8 Å². The summed E-state index contributed by atoms with van der Waals surface area (Å²) in [5.41, 5.74) is 1.49. The summed E-state index contributed by atoms with van der Waals surface area (Å²) in [4.78, 5) is 0. The Morgan fingerprint density at radius 2 is 2.06 bits per heavy atom. The highest BCUT2D eigenvalue weighted by atomic mass is 15.4. The van der Waals surface area contributed by atoms with Crippen molar-refractivity contribution in [2.24, 2.45) is 22.9 Å². The molecule has 0 bridgehead atoms. The molecule has 0 aromatic carbocycles. The quantitative estimate of drug-likeness (QED) is 0.565. The molecule has 0 saturated heterocycles. The second kappa shape index (κ2) is 4.60. The molecule has 0 spiro atoms. The van der Waals surface area contributed by atoms with Gasteiger partial charge in [-0.3, -0.25) is 0 Å². The van der Waals surface area contributed by atoms with Gasteiger partial charge in [0.05, 0.1) is 0 Å². The molecule has 4 nitrogen and oxygen atoms in total. The Balaban J connectivity index is 2.10. The van der Waals surface area contributed by atoms with E-state index in [0.717, 1.165) is 0 Å². The van der Waals surface area contributed by atoms with Crippen LogP contribution in [0.2, 0.25) is 0 Å². The molecule has 16 heavy (non-hydrogen) atoms. The minimum Gasteiger partial charge on any atom is -0.208 e. The van der Waals surface area contributed by atoms with Crippen molar-refractivity contribution in [3.05, 3.63) is 24.3 Å². The number of nitrogens with zero attached hydrogens (tertiary/aromatic N) is 4. The zero-order chi connectivity index (χ0) is 11.5. The number of aromatic nitrogens is 3. The lowest BCUT2D eigenvalue weighted by Crippen LogP contribution is -2.24. The molecule has 86 valence electrons. The third-order valence-electron chi connectivity index (χ3n) is 3.23. The molecule has 0 N–H and O–H groups in total. The highest BCUT2D eigenvalue weighted by Gasteiger charge is 2.25. The number of hydrogen-bond acceptors (Lipinski definition) is 3. The van der Waals surface area contributed by atoms with Gasteiger partial charge in [-0.05, 0) is 25.2 Å². The Morgan fingerprint density at radius 3 is 2.69 bits per heavy atom. The predicted octanol–water partition coefficient (Wildman–Crippen LogP) is 2.35. The first-order chi connectivity index (χ1) is 7.66. The van der Waals surface area contributed by atoms with Crippen molar-refractivity contribution < 1.29 is 0 Å². The summed E-state index contributed by atoms with van der Waals surface area (Å²) < 4.78 is 1.64. The molecule has 0 amide bonds. The van der Waals surface area contributed by atoms with Crippen LogP contribution in [0.5, 0.6) is 0 Å². The van der Waals surface area contributed by atoms with Crippen LogP contribution in [0.3, 0.4) is 0 Å². The average molecular weight is 218 g/mol. The van der Waals surface area contributed by atoms with E-state index >= 15 is 0 Å². The second-order valence-electron chi connectivity index (χ2n) is 4.74. The topological polar surface area (TPSA) is 43.1 Å². The maximum atomic E-state index is 4.35. The van der Waals surface area contributed by atoms with Gasteiger partial charge < -0.3 is 0 Å². The fourth-order valence-corrected chi connectivity index (χ4v) is 2.48. The molecule has 1 aromatic heterocycles. The SMILES string of the molecule is CC1=CC(C)C(/C=N\n2cnnc2)C(C)C1. The number of hydrogen-bond donors (Lipinski definition) is 0. The van der Waals surface area contributed by atoms with E-state index in [1.54, 1.807) is 17.3 Å². The van der Waals surface area contributed by atoms with Crippen molar-refractivity contribution in [3.8, 4) is 0 Å². The summed E-state index contributed by atoms with van der Waals surface area (Å²) in [6.07, 6.45) is 8.76. The van der Waals surface area contributed by atoms with E-state index in [2.05, 4.69) is 42.1 Å². The van der Waals surface area contributed by atoms with E-state index in [9.17, 15) is 0 Å². The summed E-state index contributed by atoms with van der Waals surface area (Å²) in [6, 6.07) is 0. The van der Waals surface area contributed by atoms with Crippen molar-refractivity contribution in [3.63, 3.8) is 0 Å². The molecule has 1 aliphatic rings. The summed E-state index contributed by atoms with van der Waals surface area (Å²) in [7, 11) is 0. The molecule has 0 fully saturated rings. The Kier molecular flexibility index (Phi) is 3.17. The van der Waals surface area contributed by atoms with Gasteiger partial charge in [-0.1, -0.05) is 25.5 Å². The highest BCUT2D eigenvalue weighted by molar-refractivity contribution is 5.62. The molecule has 3 atom stereocenters. The molecule has 1 aromatic rings. The Labute approximate surface area is 96.1 Å². The fourth-order valence-electron chi connectivity index (χ4n) is 2.48. The van der Waals surface area contributed by atoms with Gasteiger partial charge in [-0.25, -0.2) is 4.68 Å². The van der Waals surface area contributed by atoms with Gasteiger partial charge in [0.1, 0.15) is 12.7 Å². The van der Waals surface area contributed by atoms with Gasteiger partial charge in [-0.15, -0.1) is 10.2 Å². The zero-order valence-corrected chi connectivity index (χ0v) is 10.0. The predicted molar refractivity (Wildman–Crippen MR) is 64.1 cm³/mol. The van der Waals surface area contributed by atoms with Gasteiger partial charge in [0.25, 0.3) is 0 Å². The Morgan fingerprint density at radius 1 is 1.38 bits per heavy atom. The van der Waals surface area contributed by atoms with Crippen LogP contribution in [-0.4, -0.2) is 21.1 Å². The molecular weight excluding hydrogens is 200 g/mol. The van der Waals surface area contributed by atoms with Crippen LogP contribution in [0.15, 0.2) is 29.4 Å². The van der Waals surface area contributed by atoms with Gasteiger partial charge in [0.15, 0.2) is 0 Å². The summed E-state index contributed by atoms with van der Waals surface area (Å²) in [5.74, 6) is 1.72. The summed E-state index contributed by atoms with van der Waals surface area (Å²) in [6.45, 7) is 6.75. The van der Waals surface area contributed by atoms with Crippen molar-refractivity contribution >= 4 is 6.21 Å². The molecule has 0 saturated carbocycles. The lowest BCUT2D eigenvalue weighted by molar-refractivity contribution is 0.361. The third kappa shape index (κ3) is 2.38. The van der Waals surface area contributed by atoms with E-state index < -0.39 is 0 Å². The van der Waals surface area contributed by atoms with Crippen LogP contribution in [0, 0.1) is 17.8 Å². The van der Waals surface area contributed by atoms with Gasteiger partial charge >= 0.3 is 0 Å². The van der Waals surface area contributed by atoms with Crippen LogP contribution in [0.25, 0.3) is 0 Å². The van der Waals surface area contributed by atoms with E-state index in [4.69, 9.17) is 0 Å². The van der Waals surface area contributed by atoms with Crippen LogP contribution in [-0.2, 0) is 0 Å². The van der Waals surface area contributed by atoms with Crippen LogP contribution in [0.1, 0.15) is 27.2 Å². The first-order valence-corrected chi connectivity index (χ1v) is 5.73. The van der Waals surface area contributed by atoms with Crippen LogP contribution >= 0.6 is 0 Å². The molecular formula is C12H18N4. The number of allylic oxidation sites excluding steroid dienone is 2. The fraction of sp³-hybridized carbons (Fsp3) is 0.583.